The first-order valence-electron chi connectivity index (χ1n) is 15.1. The molecule has 2 aromatic carbocycles. The van der Waals surface area contributed by atoms with Gasteiger partial charge in [-0.1, -0.05) is 62.4 Å². The molecular formula is C32H41N3O4S3. The maximum Gasteiger partial charge on any atom is 0.282 e. The summed E-state index contributed by atoms with van der Waals surface area (Å²) in [5.74, 6) is 1.99. The molecule has 3 aromatic rings. The molecular weight excluding hydrogens is 587 g/mol. The Labute approximate surface area is 256 Å². The standard InChI is InChI=1S/C32H41N3O4S3/c1-31(2,3)34-42(38,39)27-14-13-25(23-11-7-8-12-24(23)27)28-26(19-22-9-5-4-6-10-22)33-29(40-28)30(36)35-20-32(21-35)15-17-41(37)18-16-32/h7-8,11-14,22,34H,4-6,9-10,15-21H2,1-3H3. The Hall–Kier alpha value is -2.14. The summed E-state index contributed by atoms with van der Waals surface area (Å²) in [6.45, 7) is 6.94. The zero-order chi connectivity index (χ0) is 29.7. The van der Waals surface area contributed by atoms with Crippen molar-refractivity contribution in [3.8, 4) is 10.4 Å². The number of aromatic nitrogens is 1. The fourth-order valence-corrected chi connectivity index (χ4v) is 11.1. The van der Waals surface area contributed by atoms with Gasteiger partial charge < -0.3 is 4.90 Å². The van der Waals surface area contributed by atoms with Crippen LogP contribution in [0.2, 0.25) is 0 Å². The molecule has 0 bridgehead atoms. The Morgan fingerprint density at radius 2 is 1.71 bits per heavy atom. The SMILES string of the molecule is CC(C)(C)NS(=O)(=O)c1ccc(-c2sc(C(=O)N3CC4(CCS(=O)CC4)C3)nc2CC2CCCCC2)c2ccccc12. The van der Waals surface area contributed by atoms with E-state index in [-0.39, 0.29) is 16.2 Å². The van der Waals surface area contributed by atoms with E-state index >= 15 is 0 Å². The number of rotatable bonds is 6. The highest BCUT2D eigenvalue weighted by atomic mass is 32.2. The minimum Gasteiger partial charge on any atom is -0.335 e. The molecule has 6 rings (SSSR count). The number of benzene rings is 2. The molecule has 0 atom stereocenters. The Morgan fingerprint density at radius 1 is 1.05 bits per heavy atom. The molecule has 1 aliphatic carbocycles. The molecule has 0 unspecified atom stereocenters. The average molecular weight is 628 g/mol. The van der Waals surface area contributed by atoms with Crippen LogP contribution in [-0.4, -0.2) is 58.6 Å². The predicted octanol–water partition coefficient (Wildman–Crippen LogP) is 6.15. The molecule has 226 valence electrons. The van der Waals surface area contributed by atoms with E-state index < -0.39 is 26.4 Å². The zero-order valence-corrected chi connectivity index (χ0v) is 27.2. The van der Waals surface area contributed by atoms with Crippen LogP contribution in [-0.2, 0) is 27.2 Å². The van der Waals surface area contributed by atoms with Gasteiger partial charge in [0.05, 0.1) is 15.5 Å². The molecule has 3 heterocycles. The summed E-state index contributed by atoms with van der Waals surface area (Å²) >= 11 is 1.44. The van der Waals surface area contributed by atoms with Crippen LogP contribution < -0.4 is 4.72 Å². The van der Waals surface area contributed by atoms with Crippen LogP contribution in [0.3, 0.4) is 0 Å². The van der Waals surface area contributed by atoms with Crippen LogP contribution >= 0.6 is 11.3 Å². The number of hydrogen-bond acceptors (Lipinski definition) is 6. The molecule has 1 amide bonds. The maximum absolute atomic E-state index is 13.7. The van der Waals surface area contributed by atoms with Gasteiger partial charge in [-0.05, 0) is 57.4 Å². The van der Waals surface area contributed by atoms with E-state index in [2.05, 4.69) is 4.72 Å². The molecule has 3 aliphatic rings. The first-order valence-corrected chi connectivity index (χ1v) is 18.9. The fourth-order valence-electron chi connectivity index (χ4n) is 6.86. The molecule has 3 fully saturated rings. The van der Waals surface area contributed by atoms with Crippen molar-refractivity contribution < 1.29 is 17.4 Å². The van der Waals surface area contributed by atoms with Crippen molar-refractivity contribution in [2.75, 3.05) is 24.6 Å². The van der Waals surface area contributed by atoms with Gasteiger partial charge in [-0.25, -0.2) is 18.1 Å². The fraction of sp³-hybridized carbons (Fsp3) is 0.562. The van der Waals surface area contributed by atoms with E-state index in [0.29, 0.717) is 29.4 Å². The van der Waals surface area contributed by atoms with E-state index in [1.165, 1.54) is 43.4 Å². The molecule has 10 heteroatoms. The highest BCUT2D eigenvalue weighted by Gasteiger charge is 2.47. The topological polar surface area (TPSA) is 96.4 Å². The maximum atomic E-state index is 13.7. The van der Waals surface area contributed by atoms with Gasteiger partial charge in [-0.3, -0.25) is 9.00 Å². The summed E-state index contributed by atoms with van der Waals surface area (Å²) in [7, 11) is -4.47. The lowest BCUT2D eigenvalue weighted by molar-refractivity contribution is 0.000693. The summed E-state index contributed by atoms with van der Waals surface area (Å²) in [4.78, 5) is 21.9. The Kier molecular flexibility index (Phi) is 8.13. The van der Waals surface area contributed by atoms with Crippen molar-refractivity contribution in [2.24, 2.45) is 11.3 Å². The molecule has 1 saturated carbocycles. The van der Waals surface area contributed by atoms with E-state index in [1.807, 2.05) is 56.0 Å². The van der Waals surface area contributed by atoms with Crippen molar-refractivity contribution in [1.29, 1.82) is 0 Å². The number of fused-ring (bicyclic) bond motifs is 1. The van der Waals surface area contributed by atoms with Crippen molar-refractivity contribution in [3.63, 3.8) is 0 Å². The Morgan fingerprint density at radius 3 is 2.38 bits per heavy atom. The molecule has 7 nitrogen and oxygen atoms in total. The third kappa shape index (κ3) is 6.10. The Bertz CT molecular complexity index is 1620. The minimum absolute atomic E-state index is 0.0219. The summed E-state index contributed by atoms with van der Waals surface area (Å²) in [5.41, 5.74) is 1.39. The number of amides is 1. The highest BCUT2D eigenvalue weighted by molar-refractivity contribution is 7.89. The third-order valence-corrected chi connectivity index (χ3v) is 13.3. The average Bonchev–Trinajstić information content (AvgIpc) is 3.34. The number of likely N-dealkylation sites (tertiary alicyclic amines) is 1. The molecule has 0 radical (unpaired) electrons. The van der Waals surface area contributed by atoms with Gasteiger partial charge in [-0.15, -0.1) is 11.3 Å². The van der Waals surface area contributed by atoms with Gasteiger partial charge in [0.2, 0.25) is 10.0 Å². The smallest absolute Gasteiger partial charge is 0.282 e. The van der Waals surface area contributed by atoms with Gasteiger partial charge in [-0.2, -0.15) is 0 Å². The second-order valence-corrected chi connectivity index (χ2v) is 17.9. The lowest BCUT2D eigenvalue weighted by Gasteiger charge is -2.51. The molecule has 2 saturated heterocycles. The molecule has 1 aromatic heterocycles. The largest absolute Gasteiger partial charge is 0.335 e. The van der Waals surface area contributed by atoms with Gasteiger partial charge in [0.1, 0.15) is 0 Å². The van der Waals surface area contributed by atoms with E-state index in [1.54, 1.807) is 6.07 Å². The van der Waals surface area contributed by atoms with E-state index in [0.717, 1.165) is 52.3 Å². The van der Waals surface area contributed by atoms with Crippen LogP contribution in [0.4, 0.5) is 0 Å². The summed E-state index contributed by atoms with van der Waals surface area (Å²) in [5, 5.41) is 2.02. The van der Waals surface area contributed by atoms with Gasteiger partial charge in [0.15, 0.2) is 5.01 Å². The summed E-state index contributed by atoms with van der Waals surface area (Å²) in [6.07, 6.45) is 8.75. The van der Waals surface area contributed by atoms with Crippen molar-refractivity contribution in [3.05, 3.63) is 47.1 Å². The van der Waals surface area contributed by atoms with Gasteiger partial charge in [0.25, 0.3) is 5.91 Å². The van der Waals surface area contributed by atoms with Crippen LogP contribution in [0, 0.1) is 11.3 Å². The molecule has 2 aliphatic heterocycles. The second kappa shape index (κ2) is 11.4. The summed E-state index contributed by atoms with van der Waals surface area (Å²) < 4.78 is 41.5. The molecule has 42 heavy (non-hydrogen) atoms. The number of nitrogens with zero attached hydrogens (tertiary/aromatic N) is 2. The minimum atomic E-state index is -3.75. The number of sulfonamides is 1. The van der Waals surface area contributed by atoms with E-state index in [4.69, 9.17) is 4.98 Å². The van der Waals surface area contributed by atoms with Crippen molar-refractivity contribution in [2.45, 2.75) is 82.6 Å². The van der Waals surface area contributed by atoms with Crippen LogP contribution in [0.25, 0.3) is 21.2 Å². The van der Waals surface area contributed by atoms with Crippen molar-refractivity contribution >= 4 is 48.8 Å². The lowest BCUT2D eigenvalue weighted by Crippen LogP contribution is -2.60. The molecule has 1 N–H and O–H groups in total. The third-order valence-electron chi connectivity index (χ3n) is 9.01. The quantitative estimate of drug-likeness (QED) is 0.354. The number of hydrogen-bond donors (Lipinski definition) is 1. The number of carbonyl (C=O) groups excluding carboxylic acids is 1. The van der Waals surface area contributed by atoms with Crippen LogP contribution in [0.15, 0.2) is 41.3 Å². The zero-order valence-electron chi connectivity index (χ0n) is 24.8. The molecule has 1 spiro atoms. The first kappa shape index (κ1) is 29.9. The summed E-state index contributed by atoms with van der Waals surface area (Å²) in [6, 6.07) is 11.2. The monoisotopic (exact) mass is 627 g/mol. The van der Waals surface area contributed by atoms with Crippen LogP contribution in [0.5, 0.6) is 0 Å². The second-order valence-electron chi connectivity index (χ2n) is 13.5. The number of thiazole rings is 1. The van der Waals surface area contributed by atoms with Gasteiger partial charge in [0, 0.05) is 57.3 Å². The van der Waals surface area contributed by atoms with Crippen LogP contribution in [0.1, 0.15) is 81.2 Å². The van der Waals surface area contributed by atoms with E-state index in [9.17, 15) is 17.4 Å². The highest BCUT2D eigenvalue weighted by Crippen LogP contribution is 2.43. The van der Waals surface area contributed by atoms with Gasteiger partial charge >= 0.3 is 0 Å². The first-order chi connectivity index (χ1) is 19.9. The number of carbonyl (C=O) groups is 1. The normalized spacial score (nSPS) is 20.2. The predicted molar refractivity (Wildman–Crippen MR) is 171 cm³/mol. The number of nitrogens with one attached hydrogen (secondary N) is 1. The van der Waals surface area contributed by atoms with Crippen molar-refractivity contribution in [1.82, 2.24) is 14.6 Å². The Balaban J connectivity index is 1.37. The lowest BCUT2D eigenvalue weighted by atomic mass is 9.75.